The molecule has 0 radical (unpaired) electrons. The molecule has 4 aromatic carbocycles. The maximum Gasteiger partial charge on any atom is 0.237 e. The van der Waals surface area contributed by atoms with E-state index < -0.39 is 12.1 Å². The van der Waals surface area contributed by atoms with Gasteiger partial charge in [-0.05, 0) is 97.1 Å². The molecule has 2 atom stereocenters. The number of aromatic amines is 2. The van der Waals surface area contributed by atoms with Crippen molar-refractivity contribution in [2.24, 2.45) is 31.9 Å². The number of benzene rings is 4. The second kappa shape index (κ2) is 24.5. The van der Waals surface area contributed by atoms with Gasteiger partial charge in [0.1, 0.15) is 11.5 Å². The molecule has 0 unspecified atom stereocenters. The van der Waals surface area contributed by atoms with Gasteiger partial charge >= 0.3 is 0 Å². The molecule has 4 amide bonds. The van der Waals surface area contributed by atoms with Crippen molar-refractivity contribution in [1.29, 1.82) is 0 Å². The van der Waals surface area contributed by atoms with Crippen molar-refractivity contribution < 1.29 is 28.7 Å². The van der Waals surface area contributed by atoms with Crippen LogP contribution in [-0.4, -0.2) is 82.0 Å². The highest BCUT2D eigenvalue weighted by Crippen LogP contribution is 2.24. The first kappa shape index (κ1) is 46.4. The minimum Gasteiger partial charge on any atom is -0.493 e. The predicted molar refractivity (Wildman–Crippen MR) is 243 cm³/mol. The first-order chi connectivity index (χ1) is 31.6. The number of hydrogen-bond acceptors (Lipinski definition) is 14. The number of nitrogens with zero attached hydrogens (tertiary/aromatic N) is 6. The summed E-state index contributed by atoms with van der Waals surface area (Å²) in [4.78, 5) is 62.7. The minimum atomic E-state index is -0.743. The molecule has 0 saturated carbocycles. The highest BCUT2D eigenvalue weighted by molar-refractivity contribution is 5.92. The van der Waals surface area contributed by atoms with Crippen molar-refractivity contribution >= 4 is 57.8 Å². The van der Waals surface area contributed by atoms with E-state index in [1.807, 2.05) is 24.3 Å². The summed E-state index contributed by atoms with van der Waals surface area (Å²) in [5, 5.41) is 28.0. The minimum absolute atomic E-state index is 0.0912. The Hall–Kier alpha value is -8.10. The summed E-state index contributed by atoms with van der Waals surface area (Å²) < 4.78 is 11.7. The summed E-state index contributed by atoms with van der Waals surface area (Å²) in [5.74, 6) is 0.196. The van der Waals surface area contributed by atoms with E-state index in [4.69, 9.17) is 20.9 Å². The van der Waals surface area contributed by atoms with Crippen LogP contribution in [0.4, 0.5) is 34.1 Å². The normalized spacial score (nSPS) is 12.1. The fourth-order valence-corrected chi connectivity index (χ4v) is 5.87. The first-order valence-electron chi connectivity index (χ1n) is 20.8. The molecule has 0 aliphatic carbocycles. The van der Waals surface area contributed by atoms with Crippen LogP contribution in [0.5, 0.6) is 11.5 Å². The highest BCUT2D eigenvalue weighted by atomic mass is 16.5. The molecule has 6 aromatic rings. The van der Waals surface area contributed by atoms with E-state index in [0.717, 1.165) is 11.4 Å². The van der Waals surface area contributed by atoms with Gasteiger partial charge in [-0.25, -0.2) is 9.97 Å². The van der Waals surface area contributed by atoms with Crippen LogP contribution in [0.15, 0.2) is 143 Å². The van der Waals surface area contributed by atoms with Gasteiger partial charge in [0.05, 0.1) is 60.7 Å². The Morgan fingerprint density at radius 1 is 0.538 bits per heavy atom. The number of H-pyrrole nitrogens is 2. The van der Waals surface area contributed by atoms with E-state index in [-0.39, 0.29) is 49.6 Å². The van der Waals surface area contributed by atoms with Crippen LogP contribution in [0.2, 0.25) is 0 Å². The molecule has 2 aromatic heterocycles. The number of anilines is 2. The van der Waals surface area contributed by atoms with Crippen LogP contribution in [-0.2, 0) is 32.0 Å². The number of amides is 4. The van der Waals surface area contributed by atoms with Gasteiger partial charge in [0, 0.05) is 80.3 Å². The standard InChI is InChI=1S/C45H50N14O6/c46-40(24-36-26-48-28-52-36)44(62)50-20-18-42(60)54-30-2-6-32(7-3-30)56-58-34-10-14-38(15-11-34)64-22-1-23-65-39-16-12-35(13-17-39)59-57-33-8-4-31(5-9-33)55-43(61)19-21-51-45(63)41(47)25-37-27-49-29-53-37/h2-17,26-29,40-41H,1,18-25,46-47H2,(H,48,52)(H,49,53)(H,50,62)(H,51,63)(H,54,60)(H,55,61)/t40-,41-/m0/s1. The number of rotatable bonds is 24. The predicted octanol–water partition coefficient (Wildman–Crippen LogP) is 5.84. The summed E-state index contributed by atoms with van der Waals surface area (Å²) in [5.41, 5.74) is 17.0. The number of ether oxygens (including phenoxy) is 2. The molecular weight excluding hydrogens is 833 g/mol. The largest absolute Gasteiger partial charge is 0.493 e. The van der Waals surface area contributed by atoms with Crippen molar-refractivity contribution in [3.05, 3.63) is 133 Å². The Morgan fingerprint density at radius 2 is 0.892 bits per heavy atom. The molecule has 0 saturated heterocycles. The Bertz CT molecular complexity index is 2290. The Morgan fingerprint density at radius 3 is 1.23 bits per heavy atom. The van der Waals surface area contributed by atoms with Gasteiger partial charge in [-0.15, -0.1) is 0 Å². The molecule has 0 aliphatic heterocycles. The van der Waals surface area contributed by atoms with Crippen molar-refractivity contribution in [3.63, 3.8) is 0 Å². The van der Waals surface area contributed by atoms with Crippen LogP contribution < -0.4 is 42.2 Å². The Labute approximate surface area is 374 Å². The van der Waals surface area contributed by atoms with Gasteiger partial charge in [-0.2, -0.15) is 20.5 Å². The van der Waals surface area contributed by atoms with Gasteiger partial charge in [0.2, 0.25) is 23.6 Å². The zero-order valence-corrected chi connectivity index (χ0v) is 35.4. The maximum atomic E-state index is 12.4. The third-order valence-electron chi connectivity index (χ3n) is 9.33. The van der Waals surface area contributed by atoms with Crippen LogP contribution >= 0.6 is 0 Å². The third-order valence-corrected chi connectivity index (χ3v) is 9.33. The number of carbonyl (C=O) groups is 4. The molecule has 0 fully saturated rings. The van der Waals surface area contributed by atoms with E-state index in [9.17, 15) is 19.2 Å². The van der Waals surface area contributed by atoms with E-state index in [1.165, 1.54) is 12.7 Å². The first-order valence-corrected chi connectivity index (χ1v) is 20.8. The van der Waals surface area contributed by atoms with Crippen molar-refractivity contribution in [2.75, 3.05) is 36.9 Å². The number of carbonyl (C=O) groups excluding carboxylic acids is 4. The second-order valence-corrected chi connectivity index (χ2v) is 14.5. The van der Waals surface area contributed by atoms with E-state index in [1.54, 1.807) is 85.2 Å². The van der Waals surface area contributed by atoms with E-state index in [2.05, 4.69) is 61.7 Å². The summed E-state index contributed by atoms with van der Waals surface area (Å²) in [6.45, 7) is 1.22. The maximum absolute atomic E-state index is 12.4. The number of hydrogen-bond donors (Lipinski definition) is 8. The summed E-state index contributed by atoms with van der Waals surface area (Å²) in [6.07, 6.45) is 7.75. The van der Waals surface area contributed by atoms with Crippen LogP contribution in [0.25, 0.3) is 0 Å². The zero-order valence-electron chi connectivity index (χ0n) is 35.4. The van der Waals surface area contributed by atoms with Gasteiger partial charge in [-0.3, -0.25) is 19.2 Å². The highest BCUT2D eigenvalue weighted by Gasteiger charge is 2.16. The molecular formula is C45H50N14O6. The van der Waals surface area contributed by atoms with Crippen LogP contribution in [0.3, 0.4) is 0 Å². The quantitative estimate of drug-likeness (QED) is 0.0265. The molecule has 336 valence electrons. The van der Waals surface area contributed by atoms with E-state index in [0.29, 0.717) is 78.1 Å². The zero-order chi connectivity index (χ0) is 45.6. The lowest BCUT2D eigenvalue weighted by Crippen LogP contribution is -2.42. The summed E-state index contributed by atoms with van der Waals surface area (Å²) in [7, 11) is 0. The number of nitrogens with one attached hydrogen (secondary N) is 6. The average molecular weight is 883 g/mol. The smallest absolute Gasteiger partial charge is 0.237 e. The molecule has 20 nitrogen and oxygen atoms in total. The van der Waals surface area contributed by atoms with E-state index >= 15 is 0 Å². The lowest BCUT2D eigenvalue weighted by atomic mass is 10.1. The van der Waals surface area contributed by atoms with Crippen LogP contribution in [0.1, 0.15) is 30.7 Å². The average Bonchev–Trinajstić information content (AvgIpc) is 4.04. The van der Waals surface area contributed by atoms with Gasteiger partial charge in [0.15, 0.2) is 0 Å². The third kappa shape index (κ3) is 16.3. The second-order valence-electron chi connectivity index (χ2n) is 14.5. The molecule has 6 rings (SSSR count). The topological polar surface area (TPSA) is 294 Å². The molecule has 65 heavy (non-hydrogen) atoms. The fraction of sp³-hybridized carbons (Fsp3) is 0.244. The fourth-order valence-electron chi connectivity index (χ4n) is 5.87. The van der Waals surface area contributed by atoms with Gasteiger partial charge < -0.3 is 52.2 Å². The van der Waals surface area contributed by atoms with Crippen molar-refractivity contribution in [1.82, 2.24) is 30.6 Å². The molecule has 0 aliphatic rings. The van der Waals surface area contributed by atoms with Crippen LogP contribution in [0, 0.1) is 0 Å². The lowest BCUT2D eigenvalue weighted by Gasteiger charge is -2.11. The van der Waals surface area contributed by atoms with Gasteiger partial charge in [0.25, 0.3) is 0 Å². The Balaban J connectivity index is 0.808. The number of nitrogens with two attached hydrogens (primary N) is 2. The summed E-state index contributed by atoms with van der Waals surface area (Å²) in [6, 6.07) is 26.8. The Kier molecular flexibility index (Phi) is 17.5. The van der Waals surface area contributed by atoms with Gasteiger partial charge in [-0.1, -0.05) is 0 Å². The molecule has 10 N–H and O–H groups in total. The molecule has 0 spiro atoms. The molecule has 0 bridgehead atoms. The monoisotopic (exact) mass is 882 g/mol. The van der Waals surface area contributed by atoms with Crippen molar-refractivity contribution in [3.8, 4) is 11.5 Å². The lowest BCUT2D eigenvalue weighted by molar-refractivity contribution is -0.123. The summed E-state index contributed by atoms with van der Waals surface area (Å²) >= 11 is 0. The molecule has 20 heteroatoms. The number of azo groups is 2. The molecule has 2 heterocycles. The van der Waals surface area contributed by atoms with Crippen molar-refractivity contribution in [2.45, 2.75) is 44.2 Å². The number of imidazole rings is 2. The number of aromatic nitrogens is 4. The SMILES string of the molecule is N[C@@H](Cc1cnc[nH]1)C(=O)NCCC(=O)Nc1ccc(N=Nc2ccc(OCCCOc3ccc(N=Nc4ccc(NC(=O)CCNC(=O)[C@@H](N)Cc5cnc[nH]5)cc4)cc3)cc2)cc1.